The molecule has 41 heavy (non-hydrogen) atoms. The van der Waals surface area contributed by atoms with Crippen LogP contribution in [0.1, 0.15) is 62.3 Å². The summed E-state index contributed by atoms with van der Waals surface area (Å²) >= 11 is 0. The molecule has 0 aliphatic heterocycles. The van der Waals surface area contributed by atoms with Gasteiger partial charge in [-0.3, -0.25) is 14.9 Å². The zero-order valence-electron chi connectivity index (χ0n) is 23.7. The number of rotatable bonds is 14. The topological polar surface area (TPSA) is 85.7 Å². The van der Waals surface area contributed by atoms with Crippen LogP contribution in [-0.4, -0.2) is 28.6 Å². The molecule has 0 aliphatic rings. The Bertz CT molecular complexity index is 1500. The highest BCUT2D eigenvalue weighted by Crippen LogP contribution is 2.19. The number of unbranched alkanes of at least 4 members (excludes halogenated alkanes) is 5. The monoisotopic (exact) mass is 551 g/mol. The van der Waals surface area contributed by atoms with E-state index in [1.165, 1.54) is 42.9 Å². The molecule has 0 fully saturated rings. The molecule has 0 spiro atoms. The maximum Gasteiger partial charge on any atom is 0.336 e. The molecule has 0 aliphatic carbocycles. The van der Waals surface area contributed by atoms with Crippen molar-refractivity contribution in [2.24, 2.45) is 4.99 Å². The summed E-state index contributed by atoms with van der Waals surface area (Å²) < 4.78 is 12.7. The Morgan fingerprint density at radius 3 is 2.29 bits per heavy atom. The number of carbonyl (C=O) groups excluding carboxylic acids is 1. The Hall–Kier alpha value is -4.65. The quantitative estimate of drug-likeness (QED) is 0.0575. The van der Waals surface area contributed by atoms with Gasteiger partial charge in [0, 0.05) is 18.0 Å². The number of aliphatic imine (C=N–C) groups is 1. The van der Waals surface area contributed by atoms with Gasteiger partial charge in [-0.25, -0.2) is 9.48 Å². The van der Waals surface area contributed by atoms with E-state index >= 15 is 0 Å². The summed E-state index contributed by atoms with van der Waals surface area (Å²) in [5.74, 6) is 0.755. The van der Waals surface area contributed by atoms with E-state index in [9.17, 15) is 9.59 Å². The van der Waals surface area contributed by atoms with Gasteiger partial charge in [0.15, 0.2) is 0 Å². The second-order valence-corrected chi connectivity index (χ2v) is 9.82. The van der Waals surface area contributed by atoms with Gasteiger partial charge in [-0.05, 0) is 73.5 Å². The zero-order valence-corrected chi connectivity index (χ0v) is 23.7. The summed E-state index contributed by atoms with van der Waals surface area (Å²) in [5.41, 5.74) is 3.29. The van der Waals surface area contributed by atoms with Crippen LogP contribution in [-0.2, 0) is 4.79 Å². The molecule has 7 heteroatoms. The number of hydrogen-bond acceptors (Lipinski definition) is 5. The molecule has 0 saturated heterocycles. The predicted octanol–water partition coefficient (Wildman–Crippen LogP) is 7.58. The van der Waals surface area contributed by atoms with Crippen molar-refractivity contribution < 1.29 is 14.3 Å². The van der Waals surface area contributed by atoms with E-state index in [1.54, 1.807) is 36.6 Å². The van der Waals surface area contributed by atoms with Crippen LogP contribution in [0.4, 0.5) is 5.69 Å². The maximum absolute atomic E-state index is 12.8. The second-order valence-electron chi connectivity index (χ2n) is 9.82. The summed E-state index contributed by atoms with van der Waals surface area (Å²) in [7, 11) is 0. The lowest BCUT2D eigenvalue weighted by atomic mass is 10.1. The SMILES string of the molecule is CCCCCCCCOc1ccc(/C=C/C(=O)Oc2ccc(N=Cc3c(C)[nH]n(-c4ccccc4)c3=O)cc2)cc1. The fourth-order valence-corrected chi connectivity index (χ4v) is 4.27. The van der Waals surface area contributed by atoms with Crippen molar-refractivity contribution in [3.05, 3.63) is 112 Å². The molecule has 0 unspecified atom stereocenters. The zero-order chi connectivity index (χ0) is 28.9. The van der Waals surface area contributed by atoms with Crippen molar-refractivity contribution >= 4 is 23.9 Å². The van der Waals surface area contributed by atoms with Gasteiger partial charge in [-0.2, -0.15) is 0 Å². The molecule has 0 amide bonds. The summed E-state index contributed by atoms with van der Waals surface area (Å²) in [4.78, 5) is 29.6. The normalized spacial score (nSPS) is 11.4. The van der Waals surface area contributed by atoms with Gasteiger partial charge in [-0.1, -0.05) is 69.4 Å². The Morgan fingerprint density at radius 1 is 0.878 bits per heavy atom. The number of hydrogen-bond donors (Lipinski definition) is 1. The van der Waals surface area contributed by atoms with Gasteiger partial charge in [-0.15, -0.1) is 0 Å². The van der Waals surface area contributed by atoms with Crippen LogP contribution in [0.2, 0.25) is 0 Å². The molecule has 7 nitrogen and oxygen atoms in total. The first-order valence-electron chi connectivity index (χ1n) is 14.2. The van der Waals surface area contributed by atoms with Crippen LogP contribution in [0.15, 0.2) is 94.7 Å². The summed E-state index contributed by atoms with van der Waals surface area (Å²) in [5, 5.41) is 3.08. The van der Waals surface area contributed by atoms with Crippen LogP contribution in [0.3, 0.4) is 0 Å². The molecular formula is C34H37N3O4. The minimum atomic E-state index is -0.478. The van der Waals surface area contributed by atoms with E-state index in [4.69, 9.17) is 9.47 Å². The third-order valence-corrected chi connectivity index (χ3v) is 6.59. The number of aromatic amines is 1. The molecule has 0 atom stereocenters. The van der Waals surface area contributed by atoms with Crippen LogP contribution >= 0.6 is 0 Å². The molecular weight excluding hydrogens is 514 g/mol. The minimum absolute atomic E-state index is 0.176. The van der Waals surface area contributed by atoms with Crippen LogP contribution in [0, 0.1) is 6.92 Å². The molecule has 1 heterocycles. The van der Waals surface area contributed by atoms with Gasteiger partial charge in [0.2, 0.25) is 0 Å². The van der Waals surface area contributed by atoms with Gasteiger partial charge >= 0.3 is 5.97 Å². The number of esters is 1. The minimum Gasteiger partial charge on any atom is -0.494 e. The van der Waals surface area contributed by atoms with E-state index in [-0.39, 0.29) is 5.56 Å². The standard InChI is InChI=1S/C34H37N3O4/c1-3-4-5-6-7-11-24-40-30-19-14-27(15-20-30)16-23-33(38)41-31-21-17-28(18-22-31)35-25-32-26(2)36-37(34(32)39)29-12-9-8-10-13-29/h8-10,12-23,25,36H,3-7,11,24H2,1-2H3/b23-16+,35-25?. The second kappa shape index (κ2) is 15.2. The van der Waals surface area contributed by atoms with E-state index < -0.39 is 5.97 Å². The van der Waals surface area contributed by atoms with Gasteiger partial charge in [0.25, 0.3) is 5.56 Å². The van der Waals surface area contributed by atoms with Gasteiger partial charge < -0.3 is 9.47 Å². The van der Waals surface area contributed by atoms with Crippen molar-refractivity contribution in [2.75, 3.05) is 6.61 Å². The highest BCUT2D eigenvalue weighted by Gasteiger charge is 2.10. The van der Waals surface area contributed by atoms with Crippen LogP contribution in [0.5, 0.6) is 11.5 Å². The number of carbonyl (C=O) groups is 1. The van der Waals surface area contributed by atoms with Crippen molar-refractivity contribution in [3.63, 3.8) is 0 Å². The van der Waals surface area contributed by atoms with Crippen molar-refractivity contribution in [1.29, 1.82) is 0 Å². The number of para-hydroxylation sites is 1. The summed E-state index contributed by atoms with van der Waals surface area (Å²) in [6, 6.07) is 23.8. The Morgan fingerprint density at radius 2 is 1.56 bits per heavy atom. The van der Waals surface area contributed by atoms with E-state index in [0.717, 1.165) is 35.7 Å². The fraction of sp³-hybridized carbons (Fsp3) is 0.265. The lowest BCUT2D eigenvalue weighted by molar-refractivity contribution is -0.128. The number of H-pyrrole nitrogens is 1. The average molecular weight is 552 g/mol. The smallest absolute Gasteiger partial charge is 0.336 e. The number of aryl methyl sites for hydroxylation is 1. The highest BCUT2D eigenvalue weighted by atomic mass is 16.5. The van der Waals surface area contributed by atoms with Gasteiger partial charge in [0.05, 0.1) is 23.5 Å². The molecule has 212 valence electrons. The summed E-state index contributed by atoms with van der Waals surface area (Å²) in [6.07, 6.45) is 12.0. The maximum atomic E-state index is 12.8. The number of nitrogens with one attached hydrogen (secondary N) is 1. The van der Waals surface area contributed by atoms with Crippen molar-refractivity contribution in [1.82, 2.24) is 9.78 Å². The molecule has 0 bridgehead atoms. The molecule has 4 aromatic rings. The number of aromatic nitrogens is 2. The van der Waals surface area contributed by atoms with Crippen LogP contribution in [0.25, 0.3) is 11.8 Å². The third kappa shape index (κ3) is 8.93. The van der Waals surface area contributed by atoms with E-state index in [0.29, 0.717) is 17.0 Å². The lowest BCUT2D eigenvalue weighted by Gasteiger charge is -2.06. The van der Waals surface area contributed by atoms with E-state index in [2.05, 4.69) is 17.0 Å². The number of ether oxygens (including phenoxy) is 2. The van der Waals surface area contributed by atoms with Crippen molar-refractivity contribution in [2.45, 2.75) is 52.4 Å². The summed E-state index contributed by atoms with van der Waals surface area (Å²) in [6.45, 7) is 4.77. The molecule has 4 rings (SSSR count). The Labute approximate surface area is 241 Å². The lowest BCUT2D eigenvalue weighted by Crippen LogP contribution is -2.17. The van der Waals surface area contributed by atoms with E-state index in [1.807, 2.05) is 61.5 Å². The first kappa shape index (κ1) is 29.3. The van der Waals surface area contributed by atoms with Crippen LogP contribution < -0.4 is 15.0 Å². The number of benzene rings is 3. The van der Waals surface area contributed by atoms with Crippen molar-refractivity contribution in [3.8, 4) is 17.2 Å². The molecule has 1 N–H and O–H groups in total. The predicted molar refractivity (Wildman–Crippen MR) is 165 cm³/mol. The first-order valence-corrected chi connectivity index (χ1v) is 14.2. The van der Waals surface area contributed by atoms with Gasteiger partial charge in [0.1, 0.15) is 11.5 Å². The highest BCUT2D eigenvalue weighted by molar-refractivity contribution is 5.88. The fourth-order valence-electron chi connectivity index (χ4n) is 4.27. The molecule has 3 aromatic carbocycles. The third-order valence-electron chi connectivity index (χ3n) is 6.59. The number of nitrogens with zero attached hydrogens (tertiary/aromatic N) is 2. The molecule has 1 aromatic heterocycles. The molecule has 0 radical (unpaired) electrons. The average Bonchev–Trinajstić information content (AvgIpc) is 3.28. The first-order chi connectivity index (χ1) is 20.0. The largest absolute Gasteiger partial charge is 0.494 e. The Kier molecular flexibility index (Phi) is 10.9. The Balaban J connectivity index is 1.25. The molecule has 0 saturated carbocycles.